The molecule has 0 radical (unpaired) electrons. The molecule has 1 saturated carbocycles. The minimum absolute atomic E-state index is 0.0204. The Bertz CT molecular complexity index is 1310. The Balaban J connectivity index is 1.15. The van der Waals surface area contributed by atoms with Crippen LogP contribution in [0.3, 0.4) is 0 Å². The van der Waals surface area contributed by atoms with Crippen molar-refractivity contribution < 1.29 is 32.3 Å². The summed E-state index contributed by atoms with van der Waals surface area (Å²) in [6.07, 6.45) is 4.18. The van der Waals surface area contributed by atoms with Crippen LogP contribution >= 0.6 is 0 Å². The molecule has 2 aliphatic heterocycles. The third kappa shape index (κ3) is 5.12. The second kappa shape index (κ2) is 10.2. The number of hydrogen-bond acceptors (Lipinski definition) is 7. The molecule has 3 aliphatic rings. The predicted octanol–water partition coefficient (Wildman–Crippen LogP) is 2.72. The molecule has 0 spiro atoms. The lowest BCUT2D eigenvalue weighted by atomic mass is 9.94. The number of ether oxygens (including phenoxy) is 1. The molecular formula is C27H30N2O7S. The number of rotatable bonds is 8. The van der Waals surface area contributed by atoms with Crippen molar-refractivity contribution in [3.63, 3.8) is 0 Å². The van der Waals surface area contributed by atoms with Gasteiger partial charge in [-0.05, 0) is 43.2 Å². The summed E-state index contributed by atoms with van der Waals surface area (Å²) in [7, 11) is -3.16. The van der Waals surface area contributed by atoms with Gasteiger partial charge in [0.05, 0.1) is 11.5 Å². The summed E-state index contributed by atoms with van der Waals surface area (Å²) in [6.45, 7) is -0.387. The fourth-order valence-corrected chi connectivity index (χ4v) is 7.55. The zero-order valence-corrected chi connectivity index (χ0v) is 21.4. The predicted molar refractivity (Wildman–Crippen MR) is 136 cm³/mol. The number of carbonyl (C=O) groups is 4. The third-order valence-electron chi connectivity index (χ3n) is 7.58. The van der Waals surface area contributed by atoms with Crippen LogP contribution in [0.1, 0.15) is 65.7 Å². The zero-order valence-electron chi connectivity index (χ0n) is 20.6. The van der Waals surface area contributed by atoms with E-state index in [9.17, 15) is 27.6 Å². The van der Waals surface area contributed by atoms with Crippen LogP contribution in [0.2, 0.25) is 0 Å². The minimum atomic E-state index is -3.16. The van der Waals surface area contributed by atoms with E-state index in [2.05, 4.69) is 0 Å². The maximum atomic E-state index is 13.0. The first-order valence-corrected chi connectivity index (χ1v) is 14.6. The summed E-state index contributed by atoms with van der Waals surface area (Å²) in [5, 5.41) is 1.47. The van der Waals surface area contributed by atoms with Gasteiger partial charge in [-0.25, -0.2) is 8.42 Å². The highest BCUT2D eigenvalue weighted by atomic mass is 32.2. The van der Waals surface area contributed by atoms with Gasteiger partial charge in [0.2, 0.25) is 0 Å². The van der Waals surface area contributed by atoms with E-state index in [-0.39, 0.29) is 48.9 Å². The average molecular weight is 527 g/mol. The SMILES string of the molecule is O=C(CCCN1C(=O)c2cccc3cccc(c23)C1=O)OCC(=O)N(C1CCCC1)[C@H]1CCS(=O)(=O)C1. The number of nitrogens with zero attached hydrogens (tertiary/aromatic N) is 2. The highest BCUT2D eigenvalue weighted by Gasteiger charge is 2.39. The van der Waals surface area contributed by atoms with Gasteiger partial charge in [0.25, 0.3) is 17.7 Å². The van der Waals surface area contributed by atoms with E-state index in [1.54, 1.807) is 29.2 Å². The molecule has 2 heterocycles. The van der Waals surface area contributed by atoms with E-state index >= 15 is 0 Å². The van der Waals surface area contributed by atoms with E-state index in [1.807, 2.05) is 12.1 Å². The molecule has 0 aromatic heterocycles. The number of carbonyl (C=O) groups excluding carboxylic acids is 4. The molecule has 0 unspecified atom stereocenters. The molecule has 37 heavy (non-hydrogen) atoms. The van der Waals surface area contributed by atoms with Crippen LogP contribution in [0.5, 0.6) is 0 Å². The highest BCUT2D eigenvalue weighted by Crippen LogP contribution is 2.31. The number of amides is 3. The lowest BCUT2D eigenvalue weighted by Gasteiger charge is -2.33. The Morgan fingerprint density at radius 3 is 2.19 bits per heavy atom. The Hall–Kier alpha value is -3.27. The van der Waals surface area contributed by atoms with Crippen molar-refractivity contribution in [3.05, 3.63) is 47.5 Å². The van der Waals surface area contributed by atoms with Gasteiger partial charge in [0.1, 0.15) is 0 Å². The molecule has 10 heteroatoms. The summed E-state index contributed by atoms with van der Waals surface area (Å²) in [5.74, 6) is -1.72. The van der Waals surface area contributed by atoms with Crippen LogP contribution < -0.4 is 0 Å². The summed E-state index contributed by atoms with van der Waals surface area (Å²) < 4.78 is 29.2. The zero-order chi connectivity index (χ0) is 26.2. The van der Waals surface area contributed by atoms with Crippen LogP contribution in [-0.4, -0.2) is 78.6 Å². The molecule has 0 bridgehead atoms. The second-order valence-electron chi connectivity index (χ2n) is 10.0. The van der Waals surface area contributed by atoms with Crippen LogP contribution in [-0.2, 0) is 24.2 Å². The standard InChI is InChI=1S/C27H30N2O7S/c30-23(29(19-8-1-2-9-19)20-13-15-37(34,35)17-20)16-36-24(31)12-5-14-28-26(32)21-10-3-6-18-7-4-11-22(25(18)21)27(28)33/h3-4,6-7,10-11,19-20H,1-2,5,8-9,12-17H2/t20-/m0/s1. The van der Waals surface area contributed by atoms with Gasteiger partial charge < -0.3 is 9.64 Å². The average Bonchev–Trinajstić information content (AvgIpc) is 3.53. The van der Waals surface area contributed by atoms with Crippen LogP contribution in [0.15, 0.2) is 36.4 Å². The number of benzene rings is 2. The van der Waals surface area contributed by atoms with Crippen molar-refractivity contribution in [3.8, 4) is 0 Å². The van der Waals surface area contributed by atoms with Gasteiger partial charge in [-0.1, -0.05) is 37.1 Å². The van der Waals surface area contributed by atoms with Crippen molar-refractivity contribution >= 4 is 44.3 Å². The monoisotopic (exact) mass is 526 g/mol. The molecule has 2 fully saturated rings. The lowest BCUT2D eigenvalue weighted by Crippen LogP contribution is -2.48. The summed E-state index contributed by atoms with van der Waals surface area (Å²) in [6, 6.07) is 10.3. The van der Waals surface area contributed by atoms with Gasteiger partial charge in [-0.2, -0.15) is 0 Å². The fourth-order valence-electron chi connectivity index (χ4n) is 5.84. The van der Waals surface area contributed by atoms with E-state index in [0.717, 1.165) is 36.0 Å². The normalized spacial score (nSPS) is 21.0. The Morgan fingerprint density at radius 1 is 0.946 bits per heavy atom. The molecule has 196 valence electrons. The van der Waals surface area contributed by atoms with Gasteiger partial charge in [-0.3, -0.25) is 24.1 Å². The molecular weight excluding hydrogens is 496 g/mol. The first kappa shape index (κ1) is 25.4. The van der Waals surface area contributed by atoms with E-state index in [0.29, 0.717) is 22.9 Å². The van der Waals surface area contributed by atoms with Crippen LogP contribution in [0.4, 0.5) is 0 Å². The largest absolute Gasteiger partial charge is 0.456 e. The first-order valence-electron chi connectivity index (χ1n) is 12.8. The number of imide groups is 1. The molecule has 5 rings (SSSR count). The first-order chi connectivity index (χ1) is 17.7. The maximum absolute atomic E-state index is 13.0. The van der Waals surface area contributed by atoms with Crippen molar-refractivity contribution in [2.24, 2.45) is 0 Å². The van der Waals surface area contributed by atoms with Gasteiger partial charge in [-0.15, -0.1) is 0 Å². The summed E-state index contributed by atoms with van der Waals surface area (Å²) in [4.78, 5) is 54.1. The molecule has 0 N–H and O–H groups in total. The molecule has 2 aromatic rings. The van der Waals surface area contributed by atoms with Gasteiger partial charge >= 0.3 is 5.97 Å². The Morgan fingerprint density at radius 2 is 1.59 bits per heavy atom. The molecule has 3 amide bonds. The smallest absolute Gasteiger partial charge is 0.306 e. The van der Waals surface area contributed by atoms with E-state index < -0.39 is 34.2 Å². The lowest BCUT2D eigenvalue weighted by molar-refractivity contribution is -0.154. The van der Waals surface area contributed by atoms with Crippen molar-refractivity contribution in [1.82, 2.24) is 9.80 Å². The van der Waals surface area contributed by atoms with Crippen molar-refractivity contribution in [2.75, 3.05) is 24.7 Å². The quantitative estimate of drug-likeness (QED) is 0.383. The van der Waals surface area contributed by atoms with Gasteiger partial charge in [0, 0.05) is 41.6 Å². The molecule has 2 aromatic carbocycles. The van der Waals surface area contributed by atoms with Crippen LogP contribution in [0, 0.1) is 0 Å². The van der Waals surface area contributed by atoms with Gasteiger partial charge in [0.15, 0.2) is 16.4 Å². The van der Waals surface area contributed by atoms with Crippen LogP contribution in [0.25, 0.3) is 10.8 Å². The minimum Gasteiger partial charge on any atom is -0.456 e. The maximum Gasteiger partial charge on any atom is 0.306 e. The summed E-state index contributed by atoms with van der Waals surface area (Å²) in [5.41, 5.74) is 0.920. The fraction of sp³-hybridized carbons (Fsp3) is 0.481. The molecule has 1 atom stereocenters. The summed E-state index contributed by atoms with van der Waals surface area (Å²) >= 11 is 0. The Kier molecular flexibility index (Phi) is 7.02. The third-order valence-corrected chi connectivity index (χ3v) is 9.33. The van der Waals surface area contributed by atoms with E-state index in [1.165, 1.54) is 0 Å². The molecule has 9 nitrogen and oxygen atoms in total. The number of sulfone groups is 1. The number of hydrogen-bond donors (Lipinski definition) is 0. The topological polar surface area (TPSA) is 118 Å². The molecule has 1 saturated heterocycles. The highest BCUT2D eigenvalue weighted by molar-refractivity contribution is 7.91. The van der Waals surface area contributed by atoms with Crippen molar-refractivity contribution in [2.45, 2.75) is 57.0 Å². The number of esters is 1. The van der Waals surface area contributed by atoms with Crippen molar-refractivity contribution in [1.29, 1.82) is 0 Å². The van der Waals surface area contributed by atoms with E-state index in [4.69, 9.17) is 4.74 Å². The second-order valence-corrected chi connectivity index (χ2v) is 12.3. The Labute approximate surface area is 215 Å². The molecule has 1 aliphatic carbocycles.